The van der Waals surface area contributed by atoms with Crippen molar-refractivity contribution in [2.75, 3.05) is 7.05 Å². The fourth-order valence-corrected chi connectivity index (χ4v) is 2.75. The van der Waals surface area contributed by atoms with Crippen molar-refractivity contribution in [3.8, 4) is 0 Å². The van der Waals surface area contributed by atoms with Gasteiger partial charge in [0.05, 0.1) is 16.1 Å². The monoisotopic (exact) mass is 313 g/mol. The fraction of sp³-hybridized carbons (Fsp3) is 0.200. The average molecular weight is 315 g/mol. The van der Waals surface area contributed by atoms with E-state index in [1.165, 1.54) is 0 Å². The molecule has 1 unspecified atom stereocenters. The van der Waals surface area contributed by atoms with E-state index in [2.05, 4.69) is 11.4 Å². The SMILES string of the molecule is CNC(c1cc(C)cc(Cl)c1)c1ccc(Cl)c(Cl)c1. The zero-order valence-corrected chi connectivity index (χ0v) is 12.9. The van der Waals surface area contributed by atoms with Gasteiger partial charge < -0.3 is 5.32 Å². The van der Waals surface area contributed by atoms with E-state index < -0.39 is 0 Å². The highest BCUT2D eigenvalue weighted by molar-refractivity contribution is 6.42. The Balaban J connectivity index is 2.46. The van der Waals surface area contributed by atoms with E-state index in [1.807, 2.05) is 38.2 Å². The van der Waals surface area contributed by atoms with Gasteiger partial charge in [0.15, 0.2) is 0 Å². The van der Waals surface area contributed by atoms with E-state index in [9.17, 15) is 0 Å². The highest BCUT2D eigenvalue weighted by atomic mass is 35.5. The molecule has 19 heavy (non-hydrogen) atoms. The normalized spacial score (nSPS) is 12.5. The van der Waals surface area contributed by atoms with Crippen molar-refractivity contribution < 1.29 is 0 Å². The molecule has 4 heteroatoms. The van der Waals surface area contributed by atoms with Gasteiger partial charge in [0.2, 0.25) is 0 Å². The second kappa shape index (κ2) is 6.15. The molecular formula is C15H14Cl3N. The van der Waals surface area contributed by atoms with Crippen LogP contribution in [0.25, 0.3) is 0 Å². The Morgan fingerprint density at radius 3 is 2.21 bits per heavy atom. The van der Waals surface area contributed by atoms with E-state index >= 15 is 0 Å². The molecule has 2 aromatic rings. The van der Waals surface area contributed by atoms with Crippen LogP contribution >= 0.6 is 34.8 Å². The summed E-state index contributed by atoms with van der Waals surface area (Å²) < 4.78 is 0. The van der Waals surface area contributed by atoms with Crippen LogP contribution in [0.4, 0.5) is 0 Å². The van der Waals surface area contributed by atoms with Gasteiger partial charge in [-0.25, -0.2) is 0 Å². The van der Waals surface area contributed by atoms with E-state index in [-0.39, 0.29) is 6.04 Å². The van der Waals surface area contributed by atoms with Crippen LogP contribution in [0.1, 0.15) is 22.7 Å². The minimum absolute atomic E-state index is 0.0344. The highest BCUT2D eigenvalue weighted by Gasteiger charge is 2.14. The number of rotatable bonds is 3. The van der Waals surface area contributed by atoms with Crippen LogP contribution in [0.2, 0.25) is 15.1 Å². The Labute approximate surface area is 128 Å². The van der Waals surface area contributed by atoms with E-state index in [4.69, 9.17) is 34.8 Å². The summed E-state index contributed by atoms with van der Waals surface area (Å²) in [5, 5.41) is 5.12. The lowest BCUT2D eigenvalue weighted by molar-refractivity contribution is 0.691. The van der Waals surface area contributed by atoms with Crippen molar-refractivity contribution >= 4 is 34.8 Å². The molecule has 0 fully saturated rings. The smallest absolute Gasteiger partial charge is 0.0595 e. The molecule has 100 valence electrons. The molecule has 0 aromatic heterocycles. The number of hydrogen-bond acceptors (Lipinski definition) is 1. The lowest BCUT2D eigenvalue weighted by Gasteiger charge is -2.18. The molecule has 0 saturated carbocycles. The molecule has 0 aliphatic heterocycles. The second-order valence-corrected chi connectivity index (χ2v) is 5.71. The van der Waals surface area contributed by atoms with Crippen molar-refractivity contribution in [2.24, 2.45) is 0 Å². The van der Waals surface area contributed by atoms with Gasteiger partial charge in [0.1, 0.15) is 0 Å². The van der Waals surface area contributed by atoms with Gasteiger partial charge in [-0.3, -0.25) is 0 Å². The Morgan fingerprint density at radius 1 is 0.895 bits per heavy atom. The van der Waals surface area contributed by atoms with E-state index in [0.717, 1.165) is 21.7 Å². The van der Waals surface area contributed by atoms with Crippen molar-refractivity contribution in [3.63, 3.8) is 0 Å². The van der Waals surface area contributed by atoms with Gasteiger partial charge in [0, 0.05) is 5.02 Å². The zero-order valence-electron chi connectivity index (χ0n) is 10.7. The van der Waals surface area contributed by atoms with Crippen LogP contribution in [0.15, 0.2) is 36.4 Å². The molecule has 1 N–H and O–H groups in total. The van der Waals surface area contributed by atoms with Crippen LogP contribution in [-0.2, 0) is 0 Å². The van der Waals surface area contributed by atoms with E-state index in [1.54, 1.807) is 6.07 Å². The van der Waals surface area contributed by atoms with Gasteiger partial charge in [-0.15, -0.1) is 0 Å². The molecule has 0 saturated heterocycles. The van der Waals surface area contributed by atoms with Gasteiger partial charge in [-0.05, 0) is 54.9 Å². The van der Waals surface area contributed by atoms with Crippen LogP contribution in [0.5, 0.6) is 0 Å². The predicted molar refractivity (Wildman–Crippen MR) is 83.6 cm³/mol. The molecule has 0 aliphatic carbocycles. The Hall–Kier alpha value is -0.730. The second-order valence-electron chi connectivity index (χ2n) is 4.46. The molecule has 1 nitrogen and oxygen atoms in total. The largest absolute Gasteiger partial charge is 0.309 e. The summed E-state index contributed by atoms with van der Waals surface area (Å²) in [7, 11) is 1.91. The number of hydrogen-bond donors (Lipinski definition) is 1. The molecule has 0 bridgehead atoms. The summed E-state index contributed by atoms with van der Waals surface area (Å²) in [4.78, 5) is 0. The first-order valence-corrected chi connectivity index (χ1v) is 7.04. The van der Waals surface area contributed by atoms with Crippen molar-refractivity contribution in [1.29, 1.82) is 0 Å². The maximum atomic E-state index is 6.12. The van der Waals surface area contributed by atoms with Crippen LogP contribution < -0.4 is 5.32 Å². The minimum Gasteiger partial charge on any atom is -0.309 e. The summed E-state index contributed by atoms with van der Waals surface area (Å²) >= 11 is 18.2. The van der Waals surface area contributed by atoms with Crippen LogP contribution in [0, 0.1) is 6.92 Å². The Morgan fingerprint density at radius 2 is 1.63 bits per heavy atom. The van der Waals surface area contributed by atoms with Crippen LogP contribution in [-0.4, -0.2) is 7.05 Å². The number of nitrogens with one attached hydrogen (secondary N) is 1. The molecule has 1 atom stereocenters. The molecule has 0 radical (unpaired) electrons. The topological polar surface area (TPSA) is 12.0 Å². The van der Waals surface area contributed by atoms with Crippen molar-refractivity contribution in [2.45, 2.75) is 13.0 Å². The molecule has 2 aromatic carbocycles. The van der Waals surface area contributed by atoms with Gasteiger partial charge >= 0.3 is 0 Å². The van der Waals surface area contributed by atoms with Crippen molar-refractivity contribution in [3.05, 3.63) is 68.2 Å². The molecule has 0 amide bonds. The molecular weight excluding hydrogens is 301 g/mol. The Bertz CT molecular complexity index is 576. The lowest BCUT2D eigenvalue weighted by atomic mass is 9.97. The van der Waals surface area contributed by atoms with Gasteiger partial charge in [0.25, 0.3) is 0 Å². The standard InChI is InChI=1S/C15H14Cl3N/c1-9-5-11(7-12(16)6-9)15(19-2)10-3-4-13(17)14(18)8-10/h3-8,15,19H,1-2H3. The quantitative estimate of drug-likeness (QED) is 0.814. The summed E-state index contributed by atoms with van der Waals surface area (Å²) in [6.07, 6.45) is 0. The third-order valence-electron chi connectivity index (χ3n) is 2.96. The summed E-state index contributed by atoms with van der Waals surface area (Å²) in [6.45, 7) is 2.02. The summed E-state index contributed by atoms with van der Waals surface area (Å²) in [5.74, 6) is 0. The lowest BCUT2D eigenvalue weighted by Crippen LogP contribution is -2.17. The Kier molecular flexibility index (Phi) is 4.75. The zero-order chi connectivity index (χ0) is 14.0. The molecule has 0 spiro atoms. The van der Waals surface area contributed by atoms with Gasteiger partial charge in [-0.1, -0.05) is 46.9 Å². The molecule has 0 aliphatic rings. The first-order valence-electron chi connectivity index (χ1n) is 5.90. The summed E-state index contributed by atoms with van der Waals surface area (Å²) in [5.41, 5.74) is 3.28. The molecule has 2 rings (SSSR count). The minimum atomic E-state index is 0.0344. The van der Waals surface area contributed by atoms with E-state index in [0.29, 0.717) is 10.0 Å². The number of benzene rings is 2. The maximum absolute atomic E-state index is 6.12. The first-order chi connectivity index (χ1) is 9.01. The number of aryl methyl sites for hydroxylation is 1. The molecule has 0 heterocycles. The third kappa shape index (κ3) is 3.43. The third-order valence-corrected chi connectivity index (χ3v) is 3.92. The average Bonchev–Trinajstić information content (AvgIpc) is 2.33. The fourth-order valence-electron chi connectivity index (χ4n) is 2.15. The first kappa shape index (κ1) is 14.7. The van der Waals surface area contributed by atoms with Gasteiger partial charge in [-0.2, -0.15) is 0 Å². The predicted octanol–water partition coefficient (Wildman–Crippen LogP) is 5.26. The van der Waals surface area contributed by atoms with Crippen molar-refractivity contribution in [1.82, 2.24) is 5.32 Å². The maximum Gasteiger partial charge on any atom is 0.0595 e. The highest BCUT2D eigenvalue weighted by Crippen LogP contribution is 2.30. The number of halogens is 3. The summed E-state index contributed by atoms with van der Waals surface area (Å²) in [6, 6.07) is 11.7. The van der Waals surface area contributed by atoms with Crippen LogP contribution in [0.3, 0.4) is 0 Å².